The number of hydrogen-bond donors (Lipinski definition) is 0. The smallest absolute Gasteiger partial charge is 0.136 e. The Hall–Kier alpha value is -1.70. The Bertz CT molecular complexity index is 531. The molecule has 0 bridgehead atoms. The zero-order valence-electron chi connectivity index (χ0n) is 11.0. The molecule has 0 saturated carbocycles. The van der Waals surface area contributed by atoms with Crippen LogP contribution in [-0.2, 0) is 4.79 Å². The lowest BCUT2D eigenvalue weighted by Gasteiger charge is -2.44. The van der Waals surface area contributed by atoms with Crippen molar-refractivity contribution in [1.82, 2.24) is 9.88 Å². The summed E-state index contributed by atoms with van der Waals surface area (Å²) < 4.78 is 0. The highest BCUT2D eigenvalue weighted by molar-refractivity contribution is 5.81. The summed E-state index contributed by atoms with van der Waals surface area (Å²) in [5.41, 5.74) is 5.25. The molecule has 2 aliphatic rings. The van der Waals surface area contributed by atoms with E-state index in [0.717, 1.165) is 25.1 Å². The molecule has 0 spiro atoms. The molecule has 2 saturated heterocycles. The first-order valence-electron chi connectivity index (χ1n) is 6.87. The van der Waals surface area contributed by atoms with E-state index in [9.17, 15) is 4.79 Å². The third-order valence-electron chi connectivity index (χ3n) is 4.16. The SMILES string of the molecule is C=C=C1CCCN2[C@@H]1CC(=O)C[C@@H]2c1ccccn1. The Morgan fingerprint density at radius 3 is 2.89 bits per heavy atom. The van der Waals surface area contributed by atoms with Gasteiger partial charge in [-0.15, -0.1) is 5.73 Å². The second-order valence-electron chi connectivity index (χ2n) is 5.28. The van der Waals surface area contributed by atoms with E-state index in [-0.39, 0.29) is 12.1 Å². The van der Waals surface area contributed by atoms with E-state index in [1.54, 1.807) is 6.20 Å². The first kappa shape index (κ1) is 12.3. The Morgan fingerprint density at radius 2 is 2.16 bits per heavy atom. The van der Waals surface area contributed by atoms with Gasteiger partial charge in [0.05, 0.1) is 11.7 Å². The van der Waals surface area contributed by atoms with E-state index in [1.807, 2.05) is 18.2 Å². The molecule has 0 radical (unpaired) electrons. The zero-order valence-corrected chi connectivity index (χ0v) is 11.0. The van der Waals surface area contributed by atoms with E-state index in [1.165, 1.54) is 5.57 Å². The fraction of sp³-hybridized carbons (Fsp3) is 0.438. The highest BCUT2D eigenvalue weighted by Crippen LogP contribution is 2.38. The van der Waals surface area contributed by atoms with Gasteiger partial charge in [-0.25, -0.2) is 0 Å². The van der Waals surface area contributed by atoms with E-state index < -0.39 is 0 Å². The molecule has 0 amide bonds. The number of rotatable bonds is 1. The zero-order chi connectivity index (χ0) is 13.2. The molecule has 0 N–H and O–H groups in total. The summed E-state index contributed by atoms with van der Waals surface area (Å²) in [5.74, 6) is 0.326. The van der Waals surface area contributed by atoms with Crippen LogP contribution in [0.4, 0.5) is 0 Å². The van der Waals surface area contributed by atoms with Crippen LogP contribution in [-0.4, -0.2) is 28.3 Å². The van der Waals surface area contributed by atoms with Gasteiger partial charge in [-0.3, -0.25) is 14.7 Å². The van der Waals surface area contributed by atoms with Crippen LogP contribution < -0.4 is 0 Å². The quantitative estimate of drug-likeness (QED) is 0.722. The molecule has 98 valence electrons. The van der Waals surface area contributed by atoms with Crippen LogP contribution in [0.15, 0.2) is 42.3 Å². The summed E-state index contributed by atoms with van der Waals surface area (Å²) >= 11 is 0. The first-order chi connectivity index (χ1) is 9.29. The van der Waals surface area contributed by atoms with Crippen molar-refractivity contribution in [1.29, 1.82) is 0 Å². The summed E-state index contributed by atoms with van der Waals surface area (Å²) in [6, 6.07) is 6.24. The molecule has 3 nitrogen and oxygen atoms in total. The van der Waals surface area contributed by atoms with Crippen molar-refractivity contribution in [2.24, 2.45) is 0 Å². The largest absolute Gasteiger partial charge is 0.300 e. The van der Waals surface area contributed by atoms with E-state index in [2.05, 4.69) is 22.2 Å². The van der Waals surface area contributed by atoms with Crippen molar-refractivity contribution in [2.75, 3.05) is 6.54 Å². The minimum absolute atomic E-state index is 0.121. The minimum Gasteiger partial charge on any atom is -0.300 e. The van der Waals surface area contributed by atoms with Gasteiger partial charge in [0.1, 0.15) is 5.78 Å². The van der Waals surface area contributed by atoms with Gasteiger partial charge in [-0.05, 0) is 37.1 Å². The normalized spacial score (nSPS) is 27.8. The van der Waals surface area contributed by atoms with Gasteiger partial charge >= 0.3 is 0 Å². The molecule has 0 aliphatic carbocycles. The van der Waals surface area contributed by atoms with Crippen molar-refractivity contribution < 1.29 is 4.79 Å². The molecule has 2 aliphatic heterocycles. The van der Waals surface area contributed by atoms with Crippen LogP contribution in [0, 0.1) is 0 Å². The number of carbonyl (C=O) groups excluding carboxylic acids is 1. The van der Waals surface area contributed by atoms with Crippen LogP contribution in [0.25, 0.3) is 0 Å². The highest BCUT2D eigenvalue weighted by atomic mass is 16.1. The lowest BCUT2D eigenvalue weighted by Crippen LogP contribution is -2.48. The lowest BCUT2D eigenvalue weighted by molar-refractivity contribution is -0.125. The maximum atomic E-state index is 12.0. The Balaban J connectivity index is 1.96. The maximum Gasteiger partial charge on any atom is 0.136 e. The second kappa shape index (κ2) is 5.12. The molecule has 0 aromatic carbocycles. The monoisotopic (exact) mass is 254 g/mol. The maximum absolute atomic E-state index is 12.0. The van der Waals surface area contributed by atoms with Crippen LogP contribution >= 0.6 is 0 Å². The van der Waals surface area contributed by atoms with Crippen LogP contribution in [0.2, 0.25) is 0 Å². The van der Waals surface area contributed by atoms with Crippen molar-refractivity contribution >= 4 is 5.78 Å². The molecule has 2 fully saturated rings. The van der Waals surface area contributed by atoms with Crippen LogP contribution in [0.1, 0.15) is 37.4 Å². The fourth-order valence-corrected chi connectivity index (χ4v) is 3.27. The molecule has 1 aromatic rings. The predicted molar refractivity (Wildman–Crippen MR) is 73.6 cm³/mol. The summed E-state index contributed by atoms with van der Waals surface area (Å²) in [6.45, 7) is 4.81. The summed E-state index contributed by atoms with van der Waals surface area (Å²) in [5, 5.41) is 0. The third kappa shape index (κ3) is 2.27. The average molecular weight is 254 g/mol. The molecular weight excluding hydrogens is 236 g/mol. The highest BCUT2D eigenvalue weighted by Gasteiger charge is 2.39. The molecule has 3 rings (SSSR count). The standard InChI is InChI=1S/C16H18N2O/c1-2-12-6-5-9-18-15(12)10-13(19)11-16(18)14-7-3-4-8-17-14/h3-4,7-8,15-16H,1,5-6,9-11H2/t15-,16-/m1/s1. The summed E-state index contributed by atoms with van der Waals surface area (Å²) in [6.07, 6.45) is 5.13. The number of hydrogen-bond acceptors (Lipinski definition) is 3. The fourth-order valence-electron chi connectivity index (χ4n) is 3.27. The van der Waals surface area contributed by atoms with Crippen molar-refractivity contribution in [3.05, 3.63) is 48.0 Å². The number of Topliss-reactive ketones (excluding diaryl/α,β-unsaturated/α-hetero) is 1. The minimum atomic E-state index is 0.121. The molecule has 1 aromatic heterocycles. The Labute approximate surface area is 113 Å². The number of aromatic nitrogens is 1. The van der Waals surface area contributed by atoms with Crippen molar-refractivity contribution in [3.63, 3.8) is 0 Å². The number of ketones is 1. The van der Waals surface area contributed by atoms with Gasteiger partial charge < -0.3 is 0 Å². The third-order valence-corrected chi connectivity index (χ3v) is 4.16. The summed E-state index contributed by atoms with van der Waals surface area (Å²) in [4.78, 5) is 18.9. The van der Waals surface area contributed by atoms with Gasteiger partial charge in [0, 0.05) is 25.1 Å². The van der Waals surface area contributed by atoms with Gasteiger partial charge in [0.15, 0.2) is 0 Å². The second-order valence-corrected chi connectivity index (χ2v) is 5.28. The summed E-state index contributed by atoms with van der Waals surface area (Å²) in [7, 11) is 0. The molecule has 19 heavy (non-hydrogen) atoms. The predicted octanol–water partition coefficient (Wildman–Crippen LogP) is 2.66. The van der Waals surface area contributed by atoms with Gasteiger partial charge in [0.2, 0.25) is 0 Å². The molecule has 0 unspecified atom stereocenters. The van der Waals surface area contributed by atoms with Crippen molar-refractivity contribution in [3.8, 4) is 0 Å². The van der Waals surface area contributed by atoms with Gasteiger partial charge in [-0.1, -0.05) is 12.6 Å². The van der Waals surface area contributed by atoms with Gasteiger partial charge in [0.25, 0.3) is 0 Å². The van der Waals surface area contributed by atoms with E-state index in [4.69, 9.17) is 0 Å². The lowest BCUT2D eigenvalue weighted by atomic mass is 9.84. The topological polar surface area (TPSA) is 33.2 Å². The van der Waals surface area contributed by atoms with Gasteiger partial charge in [-0.2, -0.15) is 0 Å². The van der Waals surface area contributed by atoms with Crippen LogP contribution in [0.5, 0.6) is 0 Å². The number of piperidine rings is 2. The van der Waals surface area contributed by atoms with E-state index >= 15 is 0 Å². The molecule has 3 heterocycles. The number of nitrogens with zero attached hydrogens (tertiary/aromatic N) is 2. The van der Waals surface area contributed by atoms with Crippen LogP contribution in [0.3, 0.4) is 0 Å². The number of pyridine rings is 1. The molecule has 3 heteroatoms. The number of fused-ring (bicyclic) bond motifs is 1. The average Bonchev–Trinajstić information content (AvgIpc) is 2.46. The Morgan fingerprint density at radius 1 is 1.32 bits per heavy atom. The Kier molecular flexibility index (Phi) is 3.33. The van der Waals surface area contributed by atoms with Crippen molar-refractivity contribution in [2.45, 2.75) is 37.8 Å². The molecular formula is C16H18N2O. The molecule has 2 atom stereocenters. The number of carbonyl (C=O) groups is 1. The van der Waals surface area contributed by atoms with E-state index in [0.29, 0.717) is 18.6 Å². The first-order valence-corrected chi connectivity index (χ1v) is 6.87.